The van der Waals surface area contributed by atoms with Gasteiger partial charge in [-0.3, -0.25) is 4.79 Å². The second kappa shape index (κ2) is 8.31. The van der Waals surface area contributed by atoms with Crippen molar-refractivity contribution in [3.63, 3.8) is 0 Å². The summed E-state index contributed by atoms with van der Waals surface area (Å²) in [7, 11) is 0. The molecule has 1 amide bonds. The zero-order valence-electron chi connectivity index (χ0n) is 14.5. The molecule has 2 aromatic rings. The van der Waals surface area contributed by atoms with Crippen LogP contribution in [0.25, 0.3) is 0 Å². The number of amides is 1. The van der Waals surface area contributed by atoms with Crippen LogP contribution in [-0.2, 0) is 22.4 Å². The molecular formula is C19H20FNO4S. The Labute approximate surface area is 155 Å². The molecule has 1 heterocycles. The van der Waals surface area contributed by atoms with Gasteiger partial charge in [0.25, 0.3) is 0 Å². The summed E-state index contributed by atoms with van der Waals surface area (Å²) in [5.74, 6) is -1.04. The van der Waals surface area contributed by atoms with E-state index in [1.54, 1.807) is 12.1 Å². The lowest BCUT2D eigenvalue weighted by atomic mass is 9.95. The van der Waals surface area contributed by atoms with Gasteiger partial charge < -0.3 is 14.8 Å². The van der Waals surface area contributed by atoms with Crippen molar-refractivity contribution in [2.24, 2.45) is 0 Å². The maximum Gasteiger partial charge on any atom is 0.341 e. The number of hydrogen-bond donors (Lipinski definition) is 1. The second-order valence-electron chi connectivity index (χ2n) is 6.01. The molecule has 0 aliphatic heterocycles. The summed E-state index contributed by atoms with van der Waals surface area (Å²) in [6.45, 7) is 1.46. The molecule has 7 heteroatoms. The lowest BCUT2D eigenvalue weighted by molar-refractivity contribution is -0.114. The monoisotopic (exact) mass is 377 g/mol. The van der Waals surface area contributed by atoms with Crippen LogP contribution in [0.4, 0.5) is 9.39 Å². The first-order chi connectivity index (χ1) is 12.6. The molecule has 0 saturated heterocycles. The van der Waals surface area contributed by atoms with Crippen molar-refractivity contribution in [2.75, 3.05) is 18.5 Å². The summed E-state index contributed by atoms with van der Waals surface area (Å²) in [4.78, 5) is 25.1. The van der Waals surface area contributed by atoms with Gasteiger partial charge in [0.15, 0.2) is 11.6 Å². The molecule has 5 nitrogen and oxygen atoms in total. The Kier molecular flexibility index (Phi) is 5.88. The quantitative estimate of drug-likeness (QED) is 0.611. The van der Waals surface area contributed by atoms with Crippen LogP contribution in [0, 0.1) is 5.82 Å². The highest BCUT2D eigenvalue weighted by atomic mass is 32.1. The molecule has 0 atom stereocenters. The fraction of sp³-hybridized carbons (Fsp3) is 0.368. The molecule has 26 heavy (non-hydrogen) atoms. The van der Waals surface area contributed by atoms with E-state index in [4.69, 9.17) is 9.47 Å². The predicted molar refractivity (Wildman–Crippen MR) is 97.4 cm³/mol. The first-order valence-corrected chi connectivity index (χ1v) is 9.34. The SMILES string of the molecule is CC(=O)Nc1sc2c(c1C(=O)OCCOc1ccccc1F)CCCC2. The minimum atomic E-state index is -0.481. The Hall–Kier alpha value is -2.41. The lowest BCUT2D eigenvalue weighted by Gasteiger charge is -2.13. The zero-order valence-corrected chi connectivity index (χ0v) is 15.3. The van der Waals surface area contributed by atoms with Crippen LogP contribution in [-0.4, -0.2) is 25.1 Å². The highest BCUT2D eigenvalue weighted by molar-refractivity contribution is 7.17. The van der Waals surface area contributed by atoms with Crippen molar-refractivity contribution in [3.05, 3.63) is 46.1 Å². The molecule has 1 N–H and O–H groups in total. The number of fused-ring (bicyclic) bond motifs is 1. The number of aryl methyl sites for hydroxylation is 1. The average Bonchev–Trinajstić information content (AvgIpc) is 2.97. The van der Waals surface area contributed by atoms with Crippen LogP contribution in [0.5, 0.6) is 5.75 Å². The molecule has 1 aromatic heterocycles. The summed E-state index contributed by atoms with van der Waals surface area (Å²) < 4.78 is 24.1. The number of ether oxygens (including phenoxy) is 2. The smallest absolute Gasteiger partial charge is 0.341 e. The Morgan fingerprint density at radius 1 is 1.19 bits per heavy atom. The summed E-state index contributed by atoms with van der Waals surface area (Å²) in [6, 6.07) is 6.06. The number of rotatable bonds is 6. The minimum Gasteiger partial charge on any atom is -0.487 e. The maximum atomic E-state index is 13.5. The number of benzene rings is 1. The van der Waals surface area contributed by atoms with E-state index in [0.29, 0.717) is 10.6 Å². The Morgan fingerprint density at radius 2 is 1.96 bits per heavy atom. The number of carbonyl (C=O) groups is 2. The number of para-hydroxylation sites is 1. The zero-order chi connectivity index (χ0) is 18.5. The maximum absolute atomic E-state index is 13.5. The van der Waals surface area contributed by atoms with Gasteiger partial charge in [-0.15, -0.1) is 11.3 Å². The Balaban J connectivity index is 1.64. The number of nitrogens with one attached hydrogen (secondary N) is 1. The van der Waals surface area contributed by atoms with Gasteiger partial charge in [0.05, 0.1) is 5.56 Å². The van der Waals surface area contributed by atoms with E-state index in [1.165, 1.54) is 30.4 Å². The third-order valence-corrected chi connectivity index (χ3v) is 5.28. The van der Waals surface area contributed by atoms with Gasteiger partial charge in [-0.2, -0.15) is 0 Å². The van der Waals surface area contributed by atoms with Crippen molar-refractivity contribution >= 4 is 28.2 Å². The van der Waals surface area contributed by atoms with Crippen LogP contribution in [0.15, 0.2) is 24.3 Å². The summed E-state index contributed by atoms with van der Waals surface area (Å²) in [5, 5.41) is 3.28. The highest BCUT2D eigenvalue weighted by Crippen LogP contribution is 2.38. The minimum absolute atomic E-state index is 0.00268. The molecule has 1 aliphatic carbocycles. The number of anilines is 1. The van der Waals surface area contributed by atoms with Crippen molar-refractivity contribution in [1.82, 2.24) is 0 Å². The number of thiophene rings is 1. The molecule has 0 saturated carbocycles. The predicted octanol–water partition coefficient (Wildman–Crippen LogP) is 3.96. The van der Waals surface area contributed by atoms with Crippen LogP contribution >= 0.6 is 11.3 Å². The molecule has 0 radical (unpaired) electrons. The van der Waals surface area contributed by atoms with E-state index in [1.807, 2.05) is 0 Å². The van der Waals surface area contributed by atoms with Gasteiger partial charge in [-0.1, -0.05) is 12.1 Å². The molecule has 1 aromatic carbocycles. The topological polar surface area (TPSA) is 64.6 Å². The number of esters is 1. The van der Waals surface area contributed by atoms with Crippen molar-refractivity contribution in [2.45, 2.75) is 32.6 Å². The van der Waals surface area contributed by atoms with Gasteiger partial charge in [0, 0.05) is 11.8 Å². The number of hydrogen-bond acceptors (Lipinski definition) is 5. The molecule has 0 bridgehead atoms. The van der Waals surface area contributed by atoms with Crippen LogP contribution in [0.1, 0.15) is 40.6 Å². The largest absolute Gasteiger partial charge is 0.487 e. The summed E-state index contributed by atoms with van der Waals surface area (Å²) in [6.07, 6.45) is 3.82. The van der Waals surface area contributed by atoms with Crippen molar-refractivity contribution < 1.29 is 23.5 Å². The van der Waals surface area contributed by atoms with E-state index in [2.05, 4.69) is 5.32 Å². The molecule has 3 rings (SSSR count). The molecular weight excluding hydrogens is 357 g/mol. The average molecular weight is 377 g/mol. The van der Waals surface area contributed by atoms with Gasteiger partial charge in [-0.05, 0) is 43.4 Å². The Morgan fingerprint density at radius 3 is 2.73 bits per heavy atom. The molecule has 0 spiro atoms. The van der Waals surface area contributed by atoms with E-state index in [9.17, 15) is 14.0 Å². The highest BCUT2D eigenvalue weighted by Gasteiger charge is 2.26. The van der Waals surface area contributed by atoms with Crippen LogP contribution < -0.4 is 10.1 Å². The van der Waals surface area contributed by atoms with E-state index in [0.717, 1.165) is 36.1 Å². The number of carbonyl (C=O) groups excluding carboxylic acids is 2. The fourth-order valence-electron chi connectivity index (χ4n) is 2.95. The molecule has 0 fully saturated rings. The number of halogens is 1. The molecule has 138 valence electrons. The van der Waals surface area contributed by atoms with Gasteiger partial charge in [0.1, 0.15) is 18.2 Å². The first kappa shape index (κ1) is 18.4. The van der Waals surface area contributed by atoms with Crippen molar-refractivity contribution in [3.8, 4) is 5.75 Å². The molecule has 0 unspecified atom stereocenters. The van der Waals surface area contributed by atoms with E-state index >= 15 is 0 Å². The summed E-state index contributed by atoms with van der Waals surface area (Å²) in [5.41, 5.74) is 1.43. The standard InChI is InChI=1S/C19H20FNO4S/c1-12(22)21-18-17(13-6-2-5-9-16(13)26-18)19(23)25-11-10-24-15-8-4-3-7-14(15)20/h3-4,7-8H,2,5-6,9-11H2,1H3,(H,21,22). The third kappa shape index (κ3) is 4.22. The Bertz CT molecular complexity index is 818. The molecule has 1 aliphatic rings. The van der Waals surface area contributed by atoms with Gasteiger partial charge in [-0.25, -0.2) is 9.18 Å². The van der Waals surface area contributed by atoms with Gasteiger partial charge >= 0.3 is 5.97 Å². The van der Waals surface area contributed by atoms with Crippen LogP contribution in [0.3, 0.4) is 0 Å². The normalized spacial score (nSPS) is 13.0. The van der Waals surface area contributed by atoms with E-state index in [-0.39, 0.29) is 24.9 Å². The van der Waals surface area contributed by atoms with Gasteiger partial charge in [0.2, 0.25) is 5.91 Å². The second-order valence-corrected chi connectivity index (χ2v) is 7.12. The fourth-order valence-corrected chi connectivity index (χ4v) is 4.27. The van der Waals surface area contributed by atoms with E-state index < -0.39 is 11.8 Å². The van der Waals surface area contributed by atoms with Crippen LogP contribution in [0.2, 0.25) is 0 Å². The lowest BCUT2D eigenvalue weighted by Crippen LogP contribution is -2.16. The van der Waals surface area contributed by atoms with Crippen molar-refractivity contribution in [1.29, 1.82) is 0 Å². The first-order valence-electron chi connectivity index (χ1n) is 8.53. The summed E-state index contributed by atoms with van der Waals surface area (Å²) >= 11 is 1.44. The third-order valence-electron chi connectivity index (χ3n) is 4.08.